The molecule has 0 heterocycles. The van der Waals surface area contributed by atoms with Gasteiger partial charge in [0.1, 0.15) is 0 Å². The molecule has 0 amide bonds. The van der Waals surface area contributed by atoms with Crippen molar-refractivity contribution >= 4 is 8.07 Å². The van der Waals surface area contributed by atoms with E-state index in [4.69, 9.17) is 0 Å². The summed E-state index contributed by atoms with van der Waals surface area (Å²) in [4.78, 5) is 0. The Morgan fingerprint density at radius 3 is 2.29 bits per heavy atom. The van der Waals surface area contributed by atoms with Crippen molar-refractivity contribution < 1.29 is 5.11 Å². The summed E-state index contributed by atoms with van der Waals surface area (Å²) < 4.78 is 0. The highest BCUT2D eigenvalue weighted by atomic mass is 28.3. The maximum atomic E-state index is 10.3. The predicted octanol–water partition coefficient (Wildman–Crippen LogP) is 4.52. The first kappa shape index (κ1) is 14.7. The Morgan fingerprint density at radius 2 is 1.82 bits per heavy atom. The average molecular weight is 252 g/mol. The molecule has 0 aromatic rings. The van der Waals surface area contributed by atoms with Crippen molar-refractivity contribution in [3.8, 4) is 0 Å². The third-order valence-electron chi connectivity index (χ3n) is 3.36. The largest absolute Gasteiger partial charge is 0.385 e. The molecule has 1 aliphatic rings. The molecular formula is C15H28OSi. The van der Waals surface area contributed by atoms with Gasteiger partial charge in [-0.05, 0) is 44.2 Å². The van der Waals surface area contributed by atoms with Gasteiger partial charge >= 0.3 is 0 Å². The van der Waals surface area contributed by atoms with Crippen molar-refractivity contribution in [3.63, 3.8) is 0 Å². The molecule has 1 atom stereocenters. The zero-order chi connectivity index (χ0) is 12.9. The quantitative estimate of drug-likeness (QED) is 0.576. The molecule has 0 aromatic carbocycles. The maximum absolute atomic E-state index is 10.3. The summed E-state index contributed by atoms with van der Waals surface area (Å²) in [5, 5.41) is 10.3. The van der Waals surface area contributed by atoms with Gasteiger partial charge < -0.3 is 5.11 Å². The van der Waals surface area contributed by atoms with E-state index in [1.807, 2.05) is 19.1 Å². The molecule has 0 bridgehead atoms. The van der Waals surface area contributed by atoms with Gasteiger partial charge in [-0.2, -0.15) is 0 Å². The lowest BCUT2D eigenvalue weighted by Gasteiger charge is -2.26. The Hall–Kier alpha value is -0.343. The summed E-state index contributed by atoms with van der Waals surface area (Å²) in [5.74, 6) is 0. The molecule has 1 aliphatic carbocycles. The van der Waals surface area contributed by atoms with Gasteiger partial charge in [-0.1, -0.05) is 43.8 Å². The number of allylic oxidation sites excluding steroid dienone is 2. The molecule has 1 fully saturated rings. The van der Waals surface area contributed by atoms with Gasteiger partial charge in [-0.3, -0.25) is 0 Å². The van der Waals surface area contributed by atoms with Crippen LogP contribution in [0.2, 0.25) is 25.7 Å². The molecule has 2 heteroatoms. The summed E-state index contributed by atoms with van der Waals surface area (Å²) >= 11 is 0. The van der Waals surface area contributed by atoms with E-state index in [1.54, 1.807) is 5.57 Å². The lowest BCUT2D eigenvalue weighted by molar-refractivity contribution is 0.256. The summed E-state index contributed by atoms with van der Waals surface area (Å²) in [5.41, 5.74) is 2.91. The number of hydrogen-bond acceptors (Lipinski definition) is 1. The highest BCUT2D eigenvalue weighted by Crippen LogP contribution is 2.32. The van der Waals surface area contributed by atoms with Crippen LogP contribution in [0.15, 0.2) is 23.3 Å². The fourth-order valence-electron chi connectivity index (χ4n) is 2.61. The minimum absolute atomic E-state index is 0.333. The molecule has 0 radical (unpaired) electrons. The van der Waals surface area contributed by atoms with Gasteiger partial charge in [-0.25, -0.2) is 0 Å². The third kappa shape index (κ3) is 5.22. The lowest BCUT2D eigenvalue weighted by Crippen LogP contribution is -2.25. The van der Waals surface area contributed by atoms with Gasteiger partial charge in [-0.15, -0.1) is 0 Å². The molecule has 17 heavy (non-hydrogen) atoms. The van der Waals surface area contributed by atoms with Gasteiger partial charge in [0.2, 0.25) is 0 Å². The van der Waals surface area contributed by atoms with Crippen molar-refractivity contribution in [1.82, 2.24) is 0 Å². The van der Waals surface area contributed by atoms with E-state index >= 15 is 0 Å². The highest BCUT2D eigenvalue weighted by Gasteiger charge is 2.22. The second kappa shape index (κ2) is 6.55. The smallest absolute Gasteiger partial charge is 0.0931 e. The summed E-state index contributed by atoms with van der Waals surface area (Å²) in [7, 11) is -1.15. The Balaban J connectivity index is 2.91. The van der Waals surface area contributed by atoms with Crippen molar-refractivity contribution in [2.75, 3.05) is 0 Å². The van der Waals surface area contributed by atoms with E-state index in [1.165, 1.54) is 37.7 Å². The first-order valence-electron chi connectivity index (χ1n) is 6.96. The fourth-order valence-corrected chi connectivity index (χ4v) is 4.21. The van der Waals surface area contributed by atoms with E-state index in [0.717, 1.165) is 6.04 Å². The summed E-state index contributed by atoms with van der Waals surface area (Å²) in [6.07, 6.45) is 10.0. The van der Waals surface area contributed by atoms with Crippen molar-refractivity contribution in [2.45, 2.75) is 70.8 Å². The first-order chi connectivity index (χ1) is 7.94. The van der Waals surface area contributed by atoms with Crippen LogP contribution < -0.4 is 0 Å². The zero-order valence-corrected chi connectivity index (χ0v) is 12.9. The van der Waals surface area contributed by atoms with E-state index < -0.39 is 8.07 Å². The van der Waals surface area contributed by atoms with Crippen LogP contribution in [-0.2, 0) is 0 Å². The molecule has 98 valence electrons. The normalized spacial score (nSPS) is 19.7. The molecule has 0 aromatic heterocycles. The first-order valence-corrected chi connectivity index (χ1v) is 10.7. The number of aliphatic hydroxyl groups excluding tert-OH is 1. The fraction of sp³-hybridized carbons (Fsp3) is 0.733. The monoisotopic (exact) mass is 252 g/mol. The zero-order valence-electron chi connectivity index (χ0n) is 11.9. The van der Waals surface area contributed by atoms with Gasteiger partial charge in [0.25, 0.3) is 0 Å². The molecule has 0 spiro atoms. The molecule has 1 saturated carbocycles. The summed E-state index contributed by atoms with van der Waals surface area (Å²) in [6.45, 7) is 9.15. The van der Waals surface area contributed by atoms with Crippen molar-refractivity contribution in [1.29, 1.82) is 0 Å². The maximum Gasteiger partial charge on any atom is 0.0931 e. The van der Waals surface area contributed by atoms with E-state index in [9.17, 15) is 5.11 Å². The van der Waals surface area contributed by atoms with E-state index in [0.29, 0.717) is 0 Å². The standard InChI is InChI=1S/C15H28OSi/c1-5-9-15(16)14(12-17(2,3)4)13-10-7-6-8-11-13/h5,9,15-16H,6-8,10-12H2,1-4H3/b9-5-. The van der Waals surface area contributed by atoms with Crippen LogP contribution in [0.1, 0.15) is 39.0 Å². The molecule has 0 aliphatic heterocycles. The molecule has 1 nitrogen and oxygen atoms in total. The van der Waals surface area contributed by atoms with Crippen LogP contribution >= 0.6 is 0 Å². The van der Waals surface area contributed by atoms with Crippen LogP contribution in [0.3, 0.4) is 0 Å². The summed E-state index contributed by atoms with van der Waals surface area (Å²) in [6, 6.07) is 1.15. The Bertz CT molecular complexity index is 289. The SMILES string of the molecule is C/C=C\C(O)C(C[Si](C)(C)C)=C1CCCCC1. The Kier molecular flexibility index (Phi) is 5.67. The molecule has 1 N–H and O–H groups in total. The van der Waals surface area contributed by atoms with Gasteiger partial charge in [0.15, 0.2) is 0 Å². The van der Waals surface area contributed by atoms with Gasteiger partial charge in [0, 0.05) is 8.07 Å². The topological polar surface area (TPSA) is 20.2 Å². The Labute approximate surface area is 108 Å². The number of aliphatic hydroxyl groups is 1. The lowest BCUT2D eigenvalue weighted by atomic mass is 9.89. The number of rotatable bonds is 4. The predicted molar refractivity (Wildman–Crippen MR) is 79.1 cm³/mol. The van der Waals surface area contributed by atoms with E-state index in [-0.39, 0.29) is 6.10 Å². The third-order valence-corrected chi connectivity index (χ3v) is 4.81. The molecular weight excluding hydrogens is 224 g/mol. The van der Waals surface area contributed by atoms with Crippen LogP contribution in [0, 0.1) is 0 Å². The van der Waals surface area contributed by atoms with Crippen molar-refractivity contribution in [2.24, 2.45) is 0 Å². The molecule has 0 saturated heterocycles. The van der Waals surface area contributed by atoms with Crippen LogP contribution in [0.5, 0.6) is 0 Å². The minimum atomic E-state index is -1.15. The molecule has 1 rings (SSSR count). The van der Waals surface area contributed by atoms with Crippen molar-refractivity contribution in [3.05, 3.63) is 23.3 Å². The second-order valence-electron chi connectivity index (χ2n) is 6.40. The minimum Gasteiger partial charge on any atom is -0.385 e. The Morgan fingerprint density at radius 1 is 1.24 bits per heavy atom. The van der Waals surface area contributed by atoms with Crippen LogP contribution in [-0.4, -0.2) is 19.3 Å². The highest BCUT2D eigenvalue weighted by molar-refractivity contribution is 6.76. The molecule has 1 unspecified atom stereocenters. The second-order valence-corrected chi connectivity index (χ2v) is 11.9. The van der Waals surface area contributed by atoms with Crippen LogP contribution in [0.4, 0.5) is 0 Å². The average Bonchev–Trinajstić information content (AvgIpc) is 2.26. The van der Waals surface area contributed by atoms with E-state index in [2.05, 4.69) is 19.6 Å². The number of hydrogen-bond donors (Lipinski definition) is 1. The van der Waals surface area contributed by atoms with Gasteiger partial charge in [0.05, 0.1) is 6.10 Å². The van der Waals surface area contributed by atoms with Crippen LogP contribution in [0.25, 0.3) is 0 Å².